The third-order valence-corrected chi connectivity index (χ3v) is 5.72. The van der Waals surface area contributed by atoms with Crippen LogP contribution in [0.1, 0.15) is 18.6 Å². The number of rotatable bonds is 4. The van der Waals surface area contributed by atoms with Gasteiger partial charge in [-0.25, -0.2) is 8.42 Å². The summed E-state index contributed by atoms with van der Waals surface area (Å²) < 4.78 is 23.7. The Bertz CT molecular complexity index is 738. The second kappa shape index (κ2) is 6.52. The summed E-state index contributed by atoms with van der Waals surface area (Å²) in [6, 6.07) is 12.5. The number of sulfone groups is 1. The van der Waals surface area contributed by atoms with Crippen molar-refractivity contribution in [1.82, 2.24) is 0 Å². The summed E-state index contributed by atoms with van der Waals surface area (Å²) in [5, 5.41) is 9.60. The minimum atomic E-state index is -3.16. The zero-order valence-electron chi connectivity index (χ0n) is 11.6. The highest BCUT2D eigenvalue weighted by Crippen LogP contribution is 2.33. The van der Waals surface area contributed by atoms with E-state index in [1.165, 1.54) is 18.0 Å². The first-order chi connectivity index (χ1) is 9.77. The van der Waals surface area contributed by atoms with Gasteiger partial charge in [0, 0.05) is 20.5 Å². The number of benzene rings is 2. The van der Waals surface area contributed by atoms with Crippen molar-refractivity contribution in [3.05, 3.63) is 52.5 Å². The van der Waals surface area contributed by atoms with Gasteiger partial charge in [0.25, 0.3) is 0 Å². The third kappa shape index (κ3) is 4.32. The molecule has 2 rings (SSSR count). The fourth-order valence-corrected chi connectivity index (χ4v) is 4.15. The van der Waals surface area contributed by atoms with Gasteiger partial charge in [-0.2, -0.15) is 0 Å². The highest BCUT2D eigenvalue weighted by atomic mass is 79.9. The van der Waals surface area contributed by atoms with E-state index in [1.54, 1.807) is 31.2 Å². The zero-order chi connectivity index (χ0) is 15.6. The average Bonchev–Trinajstić information content (AvgIpc) is 2.38. The minimum Gasteiger partial charge on any atom is -0.389 e. The van der Waals surface area contributed by atoms with Crippen molar-refractivity contribution in [2.75, 3.05) is 6.26 Å². The third-order valence-electron chi connectivity index (χ3n) is 2.91. The van der Waals surface area contributed by atoms with Crippen molar-refractivity contribution in [2.45, 2.75) is 27.7 Å². The predicted molar refractivity (Wildman–Crippen MR) is 88.5 cm³/mol. The van der Waals surface area contributed by atoms with Crippen LogP contribution in [0, 0.1) is 0 Å². The normalized spacial score (nSPS) is 13.1. The lowest BCUT2D eigenvalue weighted by molar-refractivity contribution is 0.198. The van der Waals surface area contributed by atoms with Crippen molar-refractivity contribution in [3.63, 3.8) is 0 Å². The minimum absolute atomic E-state index is 0.317. The summed E-state index contributed by atoms with van der Waals surface area (Å²) in [6.45, 7) is 1.72. The molecular formula is C15H15BrO3S2. The molecule has 0 fully saturated rings. The lowest BCUT2D eigenvalue weighted by Gasteiger charge is -2.09. The maximum absolute atomic E-state index is 11.4. The molecule has 0 radical (unpaired) electrons. The standard InChI is InChI=1S/C15H15BrO3S2/c1-10(17)14-8-5-12(9-15(14)16)20-11-3-6-13(7-4-11)21(2,18)19/h3-10,17H,1-2H3. The van der Waals surface area contributed by atoms with Crippen LogP contribution in [0.3, 0.4) is 0 Å². The first kappa shape index (κ1) is 16.5. The molecule has 0 spiro atoms. The van der Waals surface area contributed by atoms with Gasteiger partial charge in [0.1, 0.15) is 0 Å². The Balaban J connectivity index is 2.21. The van der Waals surface area contributed by atoms with Crippen LogP contribution in [0.4, 0.5) is 0 Å². The monoisotopic (exact) mass is 386 g/mol. The van der Waals surface area contributed by atoms with E-state index in [2.05, 4.69) is 15.9 Å². The first-order valence-electron chi connectivity index (χ1n) is 6.23. The second-order valence-electron chi connectivity index (χ2n) is 4.70. The van der Waals surface area contributed by atoms with Gasteiger partial charge in [-0.05, 0) is 48.9 Å². The lowest BCUT2D eigenvalue weighted by Crippen LogP contribution is -1.96. The van der Waals surface area contributed by atoms with Crippen LogP contribution in [0.25, 0.3) is 0 Å². The van der Waals surface area contributed by atoms with Crippen molar-refractivity contribution in [3.8, 4) is 0 Å². The molecule has 0 heterocycles. The Morgan fingerprint density at radius 2 is 1.67 bits per heavy atom. The average molecular weight is 387 g/mol. The molecule has 0 aliphatic heterocycles. The molecule has 3 nitrogen and oxygen atoms in total. The number of hydrogen-bond acceptors (Lipinski definition) is 4. The van der Waals surface area contributed by atoms with Crippen molar-refractivity contribution < 1.29 is 13.5 Å². The van der Waals surface area contributed by atoms with Gasteiger partial charge in [0.2, 0.25) is 0 Å². The van der Waals surface area contributed by atoms with Gasteiger partial charge in [-0.1, -0.05) is 33.8 Å². The van der Waals surface area contributed by atoms with E-state index >= 15 is 0 Å². The Morgan fingerprint density at radius 1 is 1.10 bits per heavy atom. The molecule has 1 N–H and O–H groups in total. The van der Waals surface area contributed by atoms with E-state index in [-0.39, 0.29) is 0 Å². The summed E-state index contributed by atoms with van der Waals surface area (Å²) in [4.78, 5) is 2.29. The molecule has 21 heavy (non-hydrogen) atoms. The number of halogens is 1. The highest BCUT2D eigenvalue weighted by molar-refractivity contribution is 9.10. The van der Waals surface area contributed by atoms with Gasteiger partial charge >= 0.3 is 0 Å². The Labute approximate surface area is 137 Å². The maximum Gasteiger partial charge on any atom is 0.175 e. The topological polar surface area (TPSA) is 54.4 Å². The van der Waals surface area contributed by atoms with Gasteiger partial charge in [0.05, 0.1) is 11.0 Å². The maximum atomic E-state index is 11.4. The summed E-state index contributed by atoms with van der Waals surface area (Å²) in [7, 11) is -3.16. The van der Waals surface area contributed by atoms with Gasteiger partial charge < -0.3 is 5.11 Å². The quantitative estimate of drug-likeness (QED) is 0.860. The number of aliphatic hydroxyl groups excluding tert-OH is 1. The molecular weight excluding hydrogens is 372 g/mol. The van der Waals surface area contributed by atoms with Crippen LogP contribution < -0.4 is 0 Å². The molecule has 1 unspecified atom stereocenters. The predicted octanol–water partition coefficient (Wildman–Crippen LogP) is 4.06. The molecule has 0 aromatic heterocycles. The van der Waals surface area contributed by atoms with Crippen LogP contribution in [-0.4, -0.2) is 19.8 Å². The van der Waals surface area contributed by atoms with Crippen molar-refractivity contribution in [1.29, 1.82) is 0 Å². The van der Waals surface area contributed by atoms with Gasteiger partial charge in [-0.3, -0.25) is 0 Å². The molecule has 0 aliphatic rings. The lowest BCUT2D eigenvalue weighted by atomic mass is 10.1. The largest absolute Gasteiger partial charge is 0.389 e. The molecule has 0 saturated carbocycles. The SMILES string of the molecule is CC(O)c1ccc(Sc2ccc(S(C)(=O)=O)cc2)cc1Br. The molecule has 0 bridgehead atoms. The smallest absolute Gasteiger partial charge is 0.175 e. The zero-order valence-corrected chi connectivity index (χ0v) is 14.8. The van der Waals surface area contributed by atoms with Gasteiger partial charge in [-0.15, -0.1) is 0 Å². The Morgan fingerprint density at radius 3 is 2.14 bits per heavy atom. The van der Waals surface area contributed by atoms with Crippen LogP contribution in [0.2, 0.25) is 0 Å². The molecule has 2 aromatic rings. The van der Waals surface area contributed by atoms with Crippen LogP contribution in [0.5, 0.6) is 0 Å². The first-order valence-corrected chi connectivity index (χ1v) is 9.73. The van der Waals surface area contributed by atoms with E-state index in [0.717, 1.165) is 19.8 Å². The molecule has 112 valence electrons. The van der Waals surface area contributed by atoms with Crippen LogP contribution >= 0.6 is 27.7 Å². The second-order valence-corrected chi connectivity index (χ2v) is 8.72. The molecule has 0 saturated heterocycles. The summed E-state index contributed by atoms with van der Waals surface area (Å²) in [6.07, 6.45) is 0.675. The molecule has 2 aromatic carbocycles. The molecule has 6 heteroatoms. The fraction of sp³-hybridized carbons (Fsp3) is 0.200. The summed E-state index contributed by atoms with van der Waals surface area (Å²) >= 11 is 4.98. The Kier molecular flexibility index (Phi) is 5.14. The van der Waals surface area contributed by atoms with Crippen molar-refractivity contribution in [2.24, 2.45) is 0 Å². The number of aliphatic hydroxyl groups is 1. The van der Waals surface area contributed by atoms with E-state index in [0.29, 0.717) is 4.90 Å². The molecule has 0 amide bonds. The number of hydrogen-bond donors (Lipinski definition) is 1. The highest BCUT2D eigenvalue weighted by Gasteiger charge is 2.09. The van der Waals surface area contributed by atoms with E-state index in [4.69, 9.17) is 0 Å². The molecule has 0 aliphatic carbocycles. The summed E-state index contributed by atoms with van der Waals surface area (Å²) in [5.41, 5.74) is 0.840. The van der Waals surface area contributed by atoms with E-state index in [1.807, 2.05) is 18.2 Å². The molecule has 1 atom stereocenters. The Hall–Kier alpha value is -0.820. The van der Waals surface area contributed by atoms with E-state index in [9.17, 15) is 13.5 Å². The van der Waals surface area contributed by atoms with E-state index < -0.39 is 15.9 Å². The van der Waals surface area contributed by atoms with Crippen LogP contribution in [0.15, 0.2) is 61.6 Å². The van der Waals surface area contributed by atoms with Gasteiger partial charge in [0.15, 0.2) is 9.84 Å². The fourth-order valence-electron chi connectivity index (χ4n) is 1.80. The summed E-state index contributed by atoms with van der Waals surface area (Å²) in [5.74, 6) is 0. The van der Waals surface area contributed by atoms with Crippen LogP contribution in [-0.2, 0) is 9.84 Å². The van der Waals surface area contributed by atoms with Crippen molar-refractivity contribution >= 4 is 37.5 Å².